The van der Waals surface area contributed by atoms with Gasteiger partial charge in [-0.25, -0.2) is 4.79 Å². The highest BCUT2D eigenvalue weighted by Gasteiger charge is 2.23. The van der Waals surface area contributed by atoms with Gasteiger partial charge in [-0.2, -0.15) is 0 Å². The summed E-state index contributed by atoms with van der Waals surface area (Å²) >= 11 is 0. The Balaban J connectivity index is 1.33. The van der Waals surface area contributed by atoms with Gasteiger partial charge in [0.05, 0.1) is 6.61 Å². The fourth-order valence-electron chi connectivity index (χ4n) is 3.12. The molecule has 1 saturated heterocycles. The number of anilines is 1. The average molecular weight is 354 g/mol. The highest BCUT2D eigenvalue weighted by atomic mass is 16.6. The first-order valence-electron chi connectivity index (χ1n) is 9.14. The fraction of sp³-hybridized carbons (Fsp3) is 0.381. The highest BCUT2D eigenvalue weighted by Crippen LogP contribution is 2.22. The molecule has 2 aromatic rings. The average Bonchev–Trinajstić information content (AvgIpc) is 2.69. The lowest BCUT2D eigenvalue weighted by atomic mass is 9.94. The Labute approximate surface area is 154 Å². The van der Waals surface area contributed by atoms with Crippen LogP contribution in [0.1, 0.15) is 24.8 Å². The molecule has 0 aromatic heterocycles. The topological polar surface area (TPSA) is 64.8 Å². The largest absolute Gasteiger partial charge is 0.494 e. The van der Waals surface area contributed by atoms with Crippen LogP contribution < -0.4 is 10.5 Å². The van der Waals surface area contributed by atoms with Crippen molar-refractivity contribution in [3.05, 3.63) is 60.2 Å². The van der Waals surface area contributed by atoms with E-state index < -0.39 is 0 Å². The lowest BCUT2D eigenvalue weighted by Crippen LogP contribution is -2.39. The molecule has 2 aromatic carbocycles. The molecule has 0 atom stereocenters. The van der Waals surface area contributed by atoms with Crippen LogP contribution in [-0.2, 0) is 11.3 Å². The molecule has 0 unspecified atom stereocenters. The molecule has 138 valence electrons. The van der Waals surface area contributed by atoms with Gasteiger partial charge < -0.3 is 20.1 Å². The molecule has 0 radical (unpaired) electrons. The predicted octanol–water partition coefficient (Wildman–Crippen LogP) is 4.09. The molecule has 1 amide bonds. The van der Waals surface area contributed by atoms with Gasteiger partial charge in [0, 0.05) is 18.8 Å². The van der Waals surface area contributed by atoms with Crippen LogP contribution in [0, 0.1) is 5.92 Å². The molecular weight excluding hydrogens is 328 g/mol. The van der Waals surface area contributed by atoms with Gasteiger partial charge in [0.1, 0.15) is 12.4 Å². The van der Waals surface area contributed by atoms with Crippen LogP contribution in [0.25, 0.3) is 0 Å². The van der Waals surface area contributed by atoms with E-state index in [0.29, 0.717) is 19.1 Å². The van der Waals surface area contributed by atoms with E-state index in [1.165, 1.54) is 0 Å². The Morgan fingerprint density at radius 2 is 1.73 bits per heavy atom. The van der Waals surface area contributed by atoms with E-state index in [1.807, 2.05) is 54.6 Å². The number of carbonyl (C=O) groups is 1. The lowest BCUT2D eigenvalue weighted by molar-refractivity contribution is 0.0800. The van der Waals surface area contributed by atoms with E-state index in [1.54, 1.807) is 4.90 Å². The number of likely N-dealkylation sites (tertiary alicyclic amines) is 1. The van der Waals surface area contributed by atoms with Gasteiger partial charge in [-0.3, -0.25) is 0 Å². The first-order valence-corrected chi connectivity index (χ1v) is 9.14. The third-order valence-corrected chi connectivity index (χ3v) is 4.75. The van der Waals surface area contributed by atoms with Gasteiger partial charge in [-0.05, 0) is 55.0 Å². The molecular formula is C21H26N2O3. The Morgan fingerprint density at radius 3 is 2.42 bits per heavy atom. The number of nitrogen functional groups attached to an aromatic ring is 1. The number of nitrogens with two attached hydrogens (primary N) is 1. The lowest BCUT2D eigenvalue weighted by Gasteiger charge is -2.31. The molecule has 26 heavy (non-hydrogen) atoms. The quantitative estimate of drug-likeness (QED) is 0.794. The maximum absolute atomic E-state index is 12.2. The van der Waals surface area contributed by atoms with Crippen molar-refractivity contribution >= 4 is 11.8 Å². The molecule has 1 aliphatic heterocycles. The first kappa shape index (κ1) is 18.1. The molecule has 1 fully saturated rings. The number of benzene rings is 2. The second-order valence-electron chi connectivity index (χ2n) is 6.68. The molecule has 3 rings (SSSR count). The van der Waals surface area contributed by atoms with Crippen LogP contribution in [0.4, 0.5) is 10.5 Å². The summed E-state index contributed by atoms with van der Waals surface area (Å²) in [6.45, 7) is 2.52. The molecule has 0 bridgehead atoms. The zero-order valence-electron chi connectivity index (χ0n) is 15.0. The van der Waals surface area contributed by atoms with E-state index in [2.05, 4.69) is 0 Å². The zero-order chi connectivity index (χ0) is 18.2. The minimum absolute atomic E-state index is 0.217. The molecule has 0 spiro atoms. The zero-order valence-corrected chi connectivity index (χ0v) is 15.0. The number of piperidine rings is 1. The summed E-state index contributed by atoms with van der Waals surface area (Å²) in [6, 6.07) is 17.2. The minimum Gasteiger partial charge on any atom is -0.494 e. The smallest absolute Gasteiger partial charge is 0.410 e. The van der Waals surface area contributed by atoms with E-state index in [4.69, 9.17) is 15.2 Å². The summed E-state index contributed by atoms with van der Waals surface area (Å²) in [4.78, 5) is 14.0. The minimum atomic E-state index is -0.217. The van der Waals surface area contributed by atoms with E-state index >= 15 is 0 Å². The van der Waals surface area contributed by atoms with Crippen LogP contribution >= 0.6 is 0 Å². The van der Waals surface area contributed by atoms with Gasteiger partial charge >= 0.3 is 6.09 Å². The van der Waals surface area contributed by atoms with Gasteiger partial charge in [0.2, 0.25) is 0 Å². The molecule has 1 aliphatic rings. The van der Waals surface area contributed by atoms with Crippen LogP contribution in [0.3, 0.4) is 0 Å². The first-order chi connectivity index (χ1) is 12.7. The maximum Gasteiger partial charge on any atom is 0.410 e. The summed E-state index contributed by atoms with van der Waals surface area (Å²) in [7, 11) is 0. The highest BCUT2D eigenvalue weighted by molar-refractivity contribution is 5.67. The summed E-state index contributed by atoms with van der Waals surface area (Å²) in [5.74, 6) is 1.43. The number of hydrogen-bond acceptors (Lipinski definition) is 4. The van der Waals surface area contributed by atoms with Crippen molar-refractivity contribution in [2.24, 2.45) is 5.92 Å². The van der Waals surface area contributed by atoms with Crippen molar-refractivity contribution in [1.29, 1.82) is 0 Å². The molecule has 1 heterocycles. The second kappa shape index (κ2) is 9.13. The fourth-order valence-corrected chi connectivity index (χ4v) is 3.12. The standard InChI is InChI=1S/C21H26N2O3/c22-19-6-8-20(9-7-19)25-15-12-17-10-13-23(14-11-17)21(24)26-16-18-4-2-1-3-5-18/h1-9,17H,10-16,22H2. The monoisotopic (exact) mass is 354 g/mol. The summed E-state index contributed by atoms with van der Waals surface area (Å²) in [5, 5.41) is 0. The molecule has 0 saturated carbocycles. The number of hydrogen-bond donors (Lipinski definition) is 1. The van der Waals surface area contributed by atoms with Crippen molar-refractivity contribution in [3.8, 4) is 5.75 Å². The maximum atomic E-state index is 12.2. The summed E-state index contributed by atoms with van der Waals surface area (Å²) in [5.41, 5.74) is 7.42. The van der Waals surface area contributed by atoms with Crippen LogP contribution in [0.2, 0.25) is 0 Å². The van der Waals surface area contributed by atoms with Gasteiger partial charge in [-0.15, -0.1) is 0 Å². The molecule has 0 aliphatic carbocycles. The summed E-state index contributed by atoms with van der Waals surface area (Å²) in [6.07, 6.45) is 2.76. The number of ether oxygens (including phenoxy) is 2. The number of carbonyl (C=O) groups excluding carboxylic acids is 1. The Morgan fingerprint density at radius 1 is 1.04 bits per heavy atom. The predicted molar refractivity (Wildman–Crippen MR) is 102 cm³/mol. The van der Waals surface area contributed by atoms with Crippen molar-refractivity contribution in [2.75, 3.05) is 25.4 Å². The van der Waals surface area contributed by atoms with Crippen molar-refractivity contribution < 1.29 is 14.3 Å². The SMILES string of the molecule is Nc1ccc(OCCC2CCN(C(=O)OCc3ccccc3)CC2)cc1. The van der Waals surface area contributed by atoms with Crippen molar-refractivity contribution in [3.63, 3.8) is 0 Å². The van der Waals surface area contributed by atoms with Crippen LogP contribution in [0.5, 0.6) is 5.75 Å². The van der Waals surface area contributed by atoms with E-state index in [9.17, 15) is 4.79 Å². The van der Waals surface area contributed by atoms with Crippen molar-refractivity contribution in [2.45, 2.75) is 25.9 Å². The van der Waals surface area contributed by atoms with Crippen LogP contribution in [0.15, 0.2) is 54.6 Å². The molecule has 5 heteroatoms. The van der Waals surface area contributed by atoms with E-state index in [-0.39, 0.29) is 6.09 Å². The Hall–Kier alpha value is -2.69. The number of nitrogens with zero attached hydrogens (tertiary/aromatic N) is 1. The van der Waals surface area contributed by atoms with Crippen molar-refractivity contribution in [1.82, 2.24) is 4.90 Å². The summed E-state index contributed by atoms with van der Waals surface area (Å²) < 4.78 is 11.2. The Kier molecular flexibility index (Phi) is 6.36. The van der Waals surface area contributed by atoms with Gasteiger partial charge in [-0.1, -0.05) is 30.3 Å². The van der Waals surface area contributed by atoms with E-state index in [0.717, 1.165) is 49.4 Å². The number of rotatable bonds is 6. The molecule has 5 nitrogen and oxygen atoms in total. The molecule has 2 N–H and O–H groups in total. The Bertz CT molecular complexity index is 680. The second-order valence-corrected chi connectivity index (χ2v) is 6.68. The third kappa shape index (κ3) is 5.41. The third-order valence-electron chi connectivity index (χ3n) is 4.75. The number of amides is 1. The van der Waals surface area contributed by atoms with Gasteiger partial charge in [0.25, 0.3) is 0 Å². The normalized spacial score (nSPS) is 14.8. The van der Waals surface area contributed by atoms with Gasteiger partial charge in [0.15, 0.2) is 0 Å². The van der Waals surface area contributed by atoms with Crippen LogP contribution in [-0.4, -0.2) is 30.7 Å².